The van der Waals surface area contributed by atoms with Crippen molar-refractivity contribution in [3.05, 3.63) is 47.5 Å². The molecule has 0 radical (unpaired) electrons. The van der Waals surface area contributed by atoms with Gasteiger partial charge in [-0.1, -0.05) is 32.9 Å². The molecule has 4 rings (SSSR count). The Morgan fingerprint density at radius 1 is 1.10 bits per heavy atom. The van der Waals surface area contributed by atoms with Gasteiger partial charge in [0.15, 0.2) is 17.6 Å². The maximum atomic E-state index is 12.8. The molecular weight excluding hydrogens is 420 g/mol. The number of nitrogens with zero attached hydrogens (tertiary/aromatic N) is 1. The van der Waals surface area contributed by atoms with Crippen LogP contribution in [0.4, 0.5) is 5.69 Å². The topological polar surface area (TPSA) is 94.2 Å². The SMILES string of the molecule is CC(C)(C)c1ccc2c(c1)N(S(C)(=O)=O)CC(C(=O)NCc1ccc3c(c1)OCO3)O2. The molecule has 0 aromatic heterocycles. The molecule has 166 valence electrons. The van der Waals surface area contributed by atoms with E-state index in [-0.39, 0.29) is 25.3 Å². The van der Waals surface area contributed by atoms with Gasteiger partial charge in [0, 0.05) is 6.54 Å². The zero-order chi connectivity index (χ0) is 22.4. The third kappa shape index (κ3) is 4.41. The Balaban J connectivity index is 1.53. The van der Waals surface area contributed by atoms with Crippen molar-refractivity contribution in [3.8, 4) is 17.2 Å². The summed E-state index contributed by atoms with van der Waals surface area (Å²) < 4.78 is 42.7. The molecule has 2 aliphatic heterocycles. The minimum absolute atomic E-state index is 0.0909. The van der Waals surface area contributed by atoms with Crippen LogP contribution >= 0.6 is 0 Å². The minimum Gasteiger partial charge on any atom is -0.476 e. The molecule has 0 spiro atoms. The van der Waals surface area contributed by atoms with E-state index < -0.39 is 22.0 Å². The number of nitrogens with one attached hydrogen (secondary N) is 1. The van der Waals surface area contributed by atoms with Crippen molar-refractivity contribution in [2.24, 2.45) is 0 Å². The number of amides is 1. The molecule has 2 aliphatic rings. The number of benzene rings is 2. The van der Waals surface area contributed by atoms with Crippen LogP contribution in [-0.2, 0) is 26.8 Å². The second-order valence-corrected chi connectivity index (χ2v) is 10.6. The molecule has 0 aliphatic carbocycles. The first-order valence-corrected chi connectivity index (χ1v) is 11.8. The molecule has 1 amide bonds. The second kappa shape index (κ2) is 7.64. The van der Waals surface area contributed by atoms with Crippen molar-refractivity contribution in [1.29, 1.82) is 0 Å². The van der Waals surface area contributed by atoms with E-state index in [0.29, 0.717) is 22.9 Å². The Bertz CT molecular complexity index is 1120. The predicted octanol–water partition coefficient (Wildman–Crippen LogP) is 2.56. The number of sulfonamides is 1. The molecule has 1 unspecified atom stereocenters. The summed E-state index contributed by atoms with van der Waals surface area (Å²) in [5.74, 6) is 1.28. The number of hydrogen-bond acceptors (Lipinski definition) is 6. The van der Waals surface area contributed by atoms with Crippen LogP contribution in [0.2, 0.25) is 0 Å². The number of carbonyl (C=O) groups excluding carboxylic acids is 1. The third-order valence-corrected chi connectivity index (χ3v) is 6.44. The lowest BCUT2D eigenvalue weighted by Crippen LogP contribution is -2.50. The standard InChI is InChI=1S/C22H26N2O6S/c1-22(2,3)15-6-8-17-16(10-15)24(31(4,26)27)12-20(30-17)21(25)23-11-14-5-7-18-19(9-14)29-13-28-18/h5-10,20H,11-13H2,1-4H3,(H,23,25). The van der Waals surface area contributed by atoms with Gasteiger partial charge in [0.25, 0.3) is 5.91 Å². The van der Waals surface area contributed by atoms with Gasteiger partial charge >= 0.3 is 0 Å². The van der Waals surface area contributed by atoms with Gasteiger partial charge in [0.1, 0.15) is 5.75 Å². The maximum Gasteiger partial charge on any atom is 0.263 e. The molecule has 0 fully saturated rings. The highest BCUT2D eigenvalue weighted by Crippen LogP contribution is 2.38. The van der Waals surface area contributed by atoms with Crippen LogP contribution in [-0.4, -0.2) is 40.0 Å². The van der Waals surface area contributed by atoms with Gasteiger partial charge in [-0.3, -0.25) is 9.10 Å². The van der Waals surface area contributed by atoms with Crippen molar-refractivity contribution in [3.63, 3.8) is 0 Å². The smallest absolute Gasteiger partial charge is 0.263 e. The first kappa shape index (κ1) is 21.3. The molecule has 31 heavy (non-hydrogen) atoms. The summed E-state index contributed by atoms with van der Waals surface area (Å²) >= 11 is 0. The Kier molecular flexibility index (Phi) is 5.25. The van der Waals surface area contributed by atoms with Crippen molar-refractivity contribution in [2.45, 2.75) is 38.8 Å². The molecule has 2 aromatic carbocycles. The van der Waals surface area contributed by atoms with Crippen LogP contribution in [0.3, 0.4) is 0 Å². The van der Waals surface area contributed by atoms with E-state index >= 15 is 0 Å². The molecule has 0 saturated heterocycles. The molecule has 0 saturated carbocycles. The first-order chi connectivity index (χ1) is 14.5. The lowest BCUT2D eigenvalue weighted by Gasteiger charge is -2.35. The molecule has 0 bridgehead atoms. The van der Waals surface area contributed by atoms with Gasteiger partial charge in [-0.2, -0.15) is 0 Å². The van der Waals surface area contributed by atoms with Crippen molar-refractivity contribution >= 4 is 21.6 Å². The summed E-state index contributed by atoms with van der Waals surface area (Å²) in [5.41, 5.74) is 2.12. The molecule has 8 nitrogen and oxygen atoms in total. The van der Waals surface area contributed by atoms with Crippen molar-refractivity contribution in [2.75, 3.05) is 23.9 Å². The van der Waals surface area contributed by atoms with Gasteiger partial charge < -0.3 is 19.5 Å². The van der Waals surface area contributed by atoms with Crippen molar-refractivity contribution in [1.82, 2.24) is 5.32 Å². The molecule has 2 aromatic rings. The van der Waals surface area contributed by atoms with Gasteiger partial charge in [0.2, 0.25) is 16.8 Å². The second-order valence-electron chi connectivity index (χ2n) is 8.74. The number of rotatable bonds is 4. The fourth-order valence-electron chi connectivity index (χ4n) is 3.52. The Morgan fingerprint density at radius 2 is 1.81 bits per heavy atom. The molecule has 1 atom stereocenters. The van der Waals surface area contributed by atoms with E-state index in [2.05, 4.69) is 26.1 Å². The van der Waals surface area contributed by atoms with E-state index in [1.54, 1.807) is 18.2 Å². The van der Waals surface area contributed by atoms with E-state index in [1.807, 2.05) is 18.2 Å². The fourth-order valence-corrected chi connectivity index (χ4v) is 4.43. The zero-order valence-corrected chi connectivity index (χ0v) is 18.8. The van der Waals surface area contributed by atoms with Gasteiger partial charge in [-0.05, 0) is 40.8 Å². The molecule has 1 N–H and O–H groups in total. The highest BCUT2D eigenvalue weighted by Gasteiger charge is 2.35. The maximum absolute atomic E-state index is 12.8. The largest absolute Gasteiger partial charge is 0.476 e. The summed E-state index contributed by atoms with van der Waals surface area (Å²) in [6, 6.07) is 10.9. The Labute approximate surface area is 182 Å². The average molecular weight is 447 g/mol. The lowest BCUT2D eigenvalue weighted by atomic mass is 9.86. The molecule has 9 heteroatoms. The van der Waals surface area contributed by atoms with Crippen LogP contribution in [0, 0.1) is 0 Å². The number of anilines is 1. The predicted molar refractivity (Wildman–Crippen MR) is 116 cm³/mol. The molecule has 2 heterocycles. The van der Waals surface area contributed by atoms with E-state index in [9.17, 15) is 13.2 Å². The summed E-state index contributed by atoms with van der Waals surface area (Å²) in [6.45, 7) is 6.50. The zero-order valence-electron chi connectivity index (χ0n) is 18.0. The van der Waals surface area contributed by atoms with Crippen LogP contribution in [0.5, 0.6) is 17.2 Å². The highest BCUT2D eigenvalue weighted by molar-refractivity contribution is 7.92. The summed E-state index contributed by atoms with van der Waals surface area (Å²) in [7, 11) is -3.60. The van der Waals surface area contributed by atoms with Gasteiger partial charge in [-0.25, -0.2) is 8.42 Å². The number of hydrogen-bond donors (Lipinski definition) is 1. The van der Waals surface area contributed by atoms with E-state index in [4.69, 9.17) is 14.2 Å². The van der Waals surface area contributed by atoms with Crippen LogP contribution in [0.25, 0.3) is 0 Å². The van der Waals surface area contributed by atoms with Crippen LogP contribution in [0.15, 0.2) is 36.4 Å². The third-order valence-electron chi connectivity index (χ3n) is 5.29. The van der Waals surface area contributed by atoms with Gasteiger partial charge in [-0.15, -0.1) is 0 Å². The Morgan fingerprint density at radius 3 is 2.52 bits per heavy atom. The summed E-state index contributed by atoms with van der Waals surface area (Å²) in [4.78, 5) is 12.8. The molecular formula is C22H26N2O6S. The van der Waals surface area contributed by atoms with E-state index in [0.717, 1.165) is 17.4 Å². The van der Waals surface area contributed by atoms with Crippen molar-refractivity contribution < 1.29 is 27.4 Å². The Hall–Kier alpha value is -2.94. The monoisotopic (exact) mass is 446 g/mol. The normalized spacial score (nSPS) is 17.7. The average Bonchev–Trinajstić information content (AvgIpc) is 3.17. The lowest BCUT2D eigenvalue weighted by molar-refractivity contribution is -0.127. The number of ether oxygens (including phenoxy) is 3. The first-order valence-electron chi connectivity index (χ1n) is 9.97. The number of fused-ring (bicyclic) bond motifs is 2. The van der Waals surface area contributed by atoms with Crippen LogP contribution in [0.1, 0.15) is 31.9 Å². The minimum atomic E-state index is -3.60. The number of carbonyl (C=O) groups is 1. The quantitative estimate of drug-likeness (QED) is 0.776. The summed E-state index contributed by atoms with van der Waals surface area (Å²) in [6.07, 6.45) is 0.171. The van der Waals surface area contributed by atoms with Crippen LogP contribution < -0.4 is 23.8 Å². The summed E-state index contributed by atoms with van der Waals surface area (Å²) in [5, 5.41) is 2.82. The van der Waals surface area contributed by atoms with E-state index in [1.165, 1.54) is 4.31 Å². The van der Waals surface area contributed by atoms with Gasteiger partial charge in [0.05, 0.1) is 18.5 Å². The highest BCUT2D eigenvalue weighted by atomic mass is 32.2. The fraction of sp³-hybridized carbons (Fsp3) is 0.409.